The number of ether oxygens (including phenoxy) is 3. The van der Waals surface area contributed by atoms with Gasteiger partial charge in [0.05, 0.1) is 19.3 Å². The predicted octanol–water partition coefficient (Wildman–Crippen LogP) is 3.16. The molecular formula is C13H20ClNO3. The molecule has 5 heteroatoms. The van der Waals surface area contributed by atoms with E-state index in [4.69, 9.17) is 25.8 Å². The minimum Gasteiger partial charge on any atom is -0.495 e. The van der Waals surface area contributed by atoms with Gasteiger partial charge >= 0.3 is 0 Å². The number of hydrogen-bond acceptors (Lipinski definition) is 4. The lowest BCUT2D eigenvalue weighted by molar-refractivity contribution is -0.126. The van der Waals surface area contributed by atoms with Crippen LogP contribution in [0.25, 0.3) is 0 Å². The molecule has 18 heavy (non-hydrogen) atoms. The molecule has 1 aromatic carbocycles. The number of nitrogens with one attached hydrogen (secondary N) is 1. The molecule has 0 saturated heterocycles. The normalized spacial score (nSPS) is 10.7. The first-order chi connectivity index (χ1) is 8.71. The summed E-state index contributed by atoms with van der Waals surface area (Å²) in [6.45, 7) is 5.63. The molecule has 0 aliphatic rings. The lowest BCUT2D eigenvalue weighted by Gasteiger charge is -2.19. The molecule has 102 valence electrons. The van der Waals surface area contributed by atoms with Gasteiger partial charge in [-0.05, 0) is 32.0 Å². The monoisotopic (exact) mass is 273 g/mol. The third kappa shape index (κ3) is 4.72. The van der Waals surface area contributed by atoms with Crippen LogP contribution in [0.1, 0.15) is 13.8 Å². The fourth-order valence-electron chi connectivity index (χ4n) is 1.55. The molecular weight excluding hydrogens is 254 g/mol. The summed E-state index contributed by atoms with van der Waals surface area (Å²) in [6.07, 6.45) is -0.274. The van der Waals surface area contributed by atoms with Gasteiger partial charge in [-0.1, -0.05) is 11.6 Å². The zero-order chi connectivity index (χ0) is 13.4. The molecule has 0 aliphatic heterocycles. The van der Waals surface area contributed by atoms with Crippen molar-refractivity contribution in [1.82, 2.24) is 0 Å². The quantitative estimate of drug-likeness (QED) is 0.739. The maximum atomic E-state index is 5.95. The Kier molecular flexibility index (Phi) is 6.86. The van der Waals surface area contributed by atoms with E-state index >= 15 is 0 Å². The number of methoxy groups -OCH3 is 1. The Balaban J connectivity index is 2.62. The van der Waals surface area contributed by atoms with Gasteiger partial charge in [-0.2, -0.15) is 0 Å². The van der Waals surface area contributed by atoms with Gasteiger partial charge < -0.3 is 19.5 Å². The third-order valence-electron chi connectivity index (χ3n) is 2.33. The Morgan fingerprint density at radius 2 is 1.89 bits per heavy atom. The van der Waals surface area contributed by atoms with Crippen LogP contribution in [-0.4, -0.2) is 33.2 Å². The summed E-state index contributed by atoms with van der Waals surface area (Å²) in [7, 11) is 1.62. The van der Waals surface area contributed by atoms with Gasteiger partial charge in [0.1, 0.15) is 5.75 Å². The van der Waals surface area contributed by atoms with Crippen molar-refractivity contribution in [3.8, 4) is 5.75 Å². The van der Waals surface area contributed by atoms with E-state index in [9.17, 15) is 0 Å². The van der Waals surface area contributed by atoms with Crippen LogP contribution in [-0.2, 0) is 9.47 Å². The molecule has 0 saturated carbocycles. The molecule has 0 aliphatic carbocycles. The topological polar surface area (TPSA) is 39.7 Å². The Bertz CT molecular complexity index is 354. The van der Waals surface area contributed by atoms with E-state index in [1.54, 1.807) is 13.2 Å². The number of anilines is 1. The van der Waals surface area contributed by atoms with Crippen molar-refractivity contribution in [3.05, 3.63) is 23.2 Å². The molecule has 0 amide bonds. The smallest absolute Gasteiger partial charge is 0.174 e. The molecule has 0 heterocycles. The first-order valence-electron chi connectivity index (χ1n) is 6.01. The average molecular weight is 274 g/mol. The molecule has 4 nitrogen and oxygen atoms in total. The SMILES string of the molecule is CCOC(CNc1cc(Cl)ccc1OC)OCC. The Labute approximate surface area is 113 Å². The summed E-state index contributed by atoms with van der Waals surface area (Å²) < 4.78 is 16.1. The van der Waals surface area contributed by atoms with Crippen molar-refractivity contribution in [1.29, 1.82) is 0 Å². The molecule has 0 aromatic heterocycles. The molecule has 1 rings (SSSR count). The average Bonchev–Trinajstić information content (AvgIpc) is 2.36. The molecule has 0 unspecified atom stereocenters. The summed E-state index contributed by atoms with van der Waals surface area (Å²) >= 11 is 5.95. The first-order valence-corrected chi connectivity index (χ1v) is 6.39. The fraction of sp³-hybridized carbons (Fsp3) is 0.538. The lowest BCUT2D eigenvalue weighted by Crippen LogP contribution is -2.26. The summed E-state index contributed by atoms with van der Waals surface area (Å²) in [5.74, 6) is 0.742. The standard InChI is InChI=1S/C13H20ClNO3/c1-4-17-13(18-5-2)9-15-11-8-10(14)6-7-12(11)16-3/h6-8,13,15H,4-5,9H2,1-3H3. The third-order valence-corrected chi connectivity index (χ3v) is 2.56. The summed E-state index contributed by atoms with van der Waals surface area (Å²) in [6, 6.07) is 5.42. The van der Waals surface area contributed by atoms with Crippen molar-refractivity contribution in [2.45, 2.75) is 20.1 Å². The Morgan fingerprint density at radius 3 is 2.44 bits per heavy atom. The van der Waals surface area contributed by atoms with E-state index in [0.29, 0.717) is 24.8 Å². The molecule has 1 N–H and O–H groups in total. The first kappa shape index (κ1) is 15.1. The van der Waals surface area contributed by atoms with E-state index < -0.39 is 0 Å². The van der Waals surface area contributed by atoms with Gasteiger partial charge in [0.25, 0.3) is 0 Å². The van der Waals surface area contributed by atoms with E-state index in [1.807, 2.05) is 26.0 Å². The van der Waals surface area contributed by atoms with Crippen molar-refractivity contribution in [2.24, 2.45) is 0 Å². The van der Waals surface area contributed by atoms with Crippen molar-refractivity contribution >= 4 is 17.3 Å². The van der Waals surface area contributed by atoms with E-state index in [-0.39, 0.29) is 6.29 Å². The number of benzene rings is 1. The highest BCUT2D eigenvalue weighted by Gasteiger charge is 2.09. The van der Waals surface area contributed by atoms with Crippen LogP contribution in [0.4, 0.5) is 5.69 Å². The molecule has 0 radical (unpaired) electrons. The zero-order valence-corrected chi connectivity index (χ0v) is 11.8. The number of rotatable bonds is 8. The lowest BCUT2D eigenvalue weighted by atomic mass is 10.3. The van der Waals surface area contributed by atoms with Crippen LogP contribution in [0, 0.1) is 0 Å². The summed E-state index contributed by atoms with van der Waals surface area (Å²) in [4.78, 5) is 0. The molecule has 0 spiro atoms. The van der Waals surface area contributed by atoms with Crippen LogP contribution in [0.3, 0.4) is 0 Å². The van der Waals surface area contributed by atoms with Crippen LogP contribution < -0.4 is 10.1 Å². The number of halogens is 1. The van der Waals surface area contributed by atoms with Gasteiger partial charge in [0.2, 0.25) is 0 Å². The fourth-order valence-corrected chi connectivity index (χ4v) is 1.72. The zero-order valence-electron chi connectivity index (χ0n) is 11.0. The highest BCUT2D eigenvalue weighted by atomic mass is 35.5. The van der Waals surface area contributed by atoms with Gasteiger partial charge in [-0.3, -0.25) is 0 Å². The predicted molar refractivity (Wildman–Crippen MR) is 73.5 cm³/mol. The largest absolute Gasteiger partial charge is 0.495 e. The van der Waals surface area contributed by atoms with E-state index in [2.05, 4.69) is 5.32 Å². The van der Waals surface area contributed by atoms with Crippen molar-refractivity contribution in [2.75, 3.05) is 32.2 Å². The number of hydrogen-bond donors (Lipinski definition) is 1. The second kappa shape index (κ2) is 8.19. The maximum absolute atomic E-state index is 5.95. The second-order valence-electron chi connectivity index (χ2n) is 3.57. The van der Waals surface area contributed by atoms with Crippen LogP contribution in [0.15, 0.2) is 18.2 Å². The van der Waals surface area contributed by atoms with Crippen LogP contribution in [0.2, 0.25) is 5.02 Å². The van der Waals surface area contributed by atoms with Crippen molar-refractivity contribution < 1.29 is 14.2 Å². The van der Waals surface area contributed by atoms with Crippen molar-refractivity contribution in [3.63, 3.8) is 0 Å². The summed E-state index contributed by atoms with van der Waals surface area (Å²) in [5.41, 5.74) is 0.828. The van der Waals surface area contributed by atoms with E-state index in [0.717, 1.165) is 11.4 Å². The minimum absolute atomic E-state index is 0.274. The minimum atomic E-state index is -0.274. The summed E-state index contributed by atoms with van der Waals surface area (Å²) in [5, 5.41) is 3.87. The molecule has 0 atom stereocenters. The Hall–Kier alpha value is -0.970. The molecule has 0 fully saturated rings. The molecule has 0 bridgehead atoms. The highest BCUT2D eigenvalue weighted by molar-refractivity contribution is 6.30. The van der Waals surface area contributed by atoms with E-state index in [1.165, 1.54) is 0 Å². The second-order valence-corrected chi connectivity index (χ2v) is 4.00. The molecule has 1 aromatic rings. The maximum Gasteiger partial charge on any atom is 0.174 e. The van der Waals surface area contributed by atoms with Gasteiger partial charge in [0, 0.05) is 18.2 Å². The van der Waals surface area contributed by atoms with Crippen LogP contribution >= 0.6 is 11.6 Å². The van der Waals surface area contributed by atoms with Gasteiger partial charge in [0.15, 0.2) is 6.29 Å². The highest BCUT2D eigenvalue weighted by Crippen LogP contribution is 2.27. The Morgan fingerprint density at radius 1 is 1.22 bits per heavy atom. The van der Waals surface area contributed by atoms with Crippen LogP contribution in [0.5, 0.6) is 5.75 Å². The van der Waals surface area contributed by atoms with Gasteiger partial charge in [-0.15, -0.1) is 0 Å². The van der Waals surface area contributed by atoms with Gasteiger partial charge in [-0.25, -0.2) is 0 Å².